The molecule has 1 aromatic heterocycles. The van der Waals surface area contributed by atoms with Crippen LogP contribution in [0.2, 0.25) is 0 Å². The quantitative estimate of drug-likeness (QED) is 0.813. The third kappa shape index (κ3) is 2.06. The standard InChI is InChI=1S/C10H12N2O3/c1-6-11-5-8(10(13)14)9(12-6)15-7-3-2-4-7/h5,7H,2-4H2,1H3,(H,13,14). The molecule has 0 atom stereocenters. The summed E-state index contributed by atoms with van der Waals surface area (Å²) in [5.41, 5.74) is 0.0347. The summed E-state index contributed by atoms with van der Waals surface area (Å²) >= 11 is 0. The number of carboxylic acids is 1. The van der Waals surface area contributed by atoms with Crippen molar-refractivity contribution in [1.29, 1.82) is 0 Å². The molecule has 0 aliphatic heterocycles. The first-order valence-electron chi connectivity index (χ1n) is 4.90. The number of nitrogens with zero attached hydrogens (tertiary/aromatic N) is 2. The van der Waals surface area contributed by atoms with Crippen LogP contribution < -0.4 is 4.74 Å². The largest absolute Gasteiger partial charge is 0.477 e. The van der Waals surface area contributed by atoms with Crippen LogP contribution in [0.1, 0.15) is 35.4 Å². The molecule has 0 amide bonds. The minimum Gasteiger partial charge on any atom is -0.477 e. The molecule has 0 unspecified atom stereocenters. The van der Waals surface area contributed by atoms with Gasteiger partial charge in [-0.05, 0) is 26.2 Å². The van der Waals surface area contributed by atoms with Crippen LogP contribution >= 0.6 is 0 Å². The van der Waals surface area contributed by atoms with Crippen LogP contribution in [-0.2, 0) is 0 Å². The van der Waals surface area contributed by atoms with E-state index in [-0.39, 0.29) is 17.5 Å². The molecule has 5 heteroatoms. The number of aryl methyl sites for hydroxylation is 1. The molecule has 5 nitrogen and oxygen atoms in total. The smallest absolute Gasteiger partial charge is 0.342 e. The molecule has 0 radical (unpaired) electrons. The maximum atomic E-state index is 10.9. The molecule has 80 valence electrons. The summed E-state index contributed by atoms with van der Waals surface area (Å²) < 4.78 is 5.49. The Kier molecular flexibility index (Phi) is 2.53. The molecular formula is C10H12N2O3. The fraction of sp³-hybridized carbons (Fsp3) is 0.500. The van der Waals surface area contributed by atoms with Crippen LogP contribution in [0.25, 0.3) is 0 Å². The number of hydrogen-bond donors (Lipinski definition) is 1. The lowest BCUT2D eigenvalue weighted by molar-refractivity contribution is 0.0674. The number of aromatic nitrogens is 2. The highest BCUT2D eigenvalue weighted by atomic mass is 16.5. The van der Waals surface area contributed by atoms with E-state index < -0.39 is 5.97 Å². The number of hydrogen-bond acceptors (Lipinski definition) is 4. The van der Waals surface area contributed by atoms with E-state index in [9.17, 15) is 4.79 Å². The van der Waals surface area contributed by atoms with E-state index in [0.29, 0.717) is 5.82 Å². The van der Waals surface area contributed by atoms with Crippen molar-refractivity contribution in [2.45, 2.75) is 32.3 Å². The van der Waals surface area contributed by atoms with Crippen LogP contribution in [0.4, 0.5) is 0 Å². The molecule has 1 aliphatic rings. The van der Waals surface area contributed by atoms with E-state index in [1.165, 1.54) is 6.20 Å². The maximum Gasteiger partial charge on any atom is 0.342 e. The minimum atomic E-state index is -1.05. The number of carbonyl (C=O) groups is 1. The molecule has 2 rings (SSSR count). The summed E-state index contributed by atoms with van der Waals surface area (Å²) in [4.78, 5) is 18.7. The highest BCUT2D eigenvalue weighted by Gasteiger charge is 2.23. The van der Waals surface area contributed by atoms with Gasteiger partial charge < -0.3 is 9.84 Å². The molecule has 1 saturated carbocycles. The zero-order chi connectivity index (χ0) is 10.8. The predicted octanol–water partition coefficient (Wildman–Crippen LogP) is 1.41. The predicted molar refractivity (Wildman–Crippen MR) is 52.0 cm³/mol. The zero-order valence-electron chi connectivity index (χ0n) is 8.43. The van der Waals surface area contributed by atoms with Crippen molar-refractivity contribution in [2.24, 2.45) is 0 Å². The number of ether oxygens (including phenoxy) is 1. The molecule has 0 saturated heterocycles. The van der Waals surface area contributed by atoms with Gasteiger partial charge in [-0.1, -0.05) is 0 Å². The van der Waals surface area contributed by atoms with Gasteiger partial charge in [0.05, 0.1) is 0 Å². The average Bonchev–Trinajstić information content (AvgIpc) is 2.11. The zero-order valence-corrected chi connectivity index (χ0v) is 8.43. The lowest BCUT2D eigenvalue weighted by atomic mass is 9.96. The van der Waals surface area contributed by atoms with Crippen LogP contribution in [0.3, 0.4) is 0 Å². The van der Waals surface area contributed by atoms with E-state index in [2.05, 4.69) is 9.97 Å². The molecular weight excluding hydrogens is 196 g/mol. The van der Waals surface area contributed by atoms with Crippen molar-refractivity contribution in [3.05, 3.63) is 17.6 Å². The second-order valence-electron chi connectivity index (χ2n) is 3.61. The Bertz CT molecular complexity index is 388. The Balaban J connectivity index is 2.24. The molecule has 1 heterocycles. The van der Waals surface area contributed by atoms with Gasteiger partial charge in [-0.2, -0.15) is 4.98 Å². The number of aromatic carboxylic acids is 1. The second kappa shape index (κ2) is 3.84. The Morgan fingerprint density at radius 3 is 2.87 bits per heavy atom. The van der Waals surface area contributed by atoms with Gasteiger partial charge >= 0.3 is 5.97 Å². The van der Waals surface area contributed by atoms with Crippen molar-refractivity contribution in [3.63, 3.8) is 0 Å². The Morgan fingerprint density at radius 2 is 2.33 bits per heavy atom. The van der Waals surface area contributed by atoms with Crippen LogP contribution in [0.5, 0.6) is 5.88 Å². The summed E-state index contributed by atoms with van der Waals surface area (Å²) in [5, 5.41) is 8.90. The van der Waals surface area contributed by atoms with Gasteiger partial charge in [-0.3, -0.25) is 0 Å². The first kappa shape index (κ1) is 9.89. The Labute approximate surface area is 87.1 Å². The fourth-order valence-corrected chi connectivity index (χ4v) is 1.33. The summed E-state index contributed by atoms with van der Waals surface area (Å²) in [6.45, 7) is 1.71. The summed E-state index contributed by atoms with van der Waals surface area (Å²) in [6.07, 6.45) is 4.50. The van der Waals surface area contributed by atoms with Crippen LogP contribution in [-0.4, -0.2) is 27.1 Å². The monoisotopic (exact) mass is 208 g/mol. The fourth-order valence-electron chi connectivity index (χ4n) is 1.33. The van der Waals surface area contributed by atoms with Crippen molar-refractivity contribution < 1.29 is 14.6 Å². The molecule has 1 aromatic rings. The Morgan fingerprint density at radius 1 is 1.60 bits per heavy atom. The first-order chi connectivity index (χ1) is 7.16. The molecule has 0 spiro atoms. The van der Waals surface area contributed by atoms with Gasteiger partial charge in [0.2, 0.25) is 5.88 Å². The van der Waals surface area contributed by atoms with Crippen molar-refractivity contribution in [1.82, 2.24) is 9.97 Å². The van der Waals surface area contributed by atoms with Gasteiger partial charge in [-0.25, -0.2) is 9.78 Å². The average molecular weight is 208 g/mol. The molecule has 1 aliphatic carbocycles. The van der Waals surface area contributed by atoms with Gasteiger partial charge in [-0.15, -0.1) is 0 Å². The highest BCUT2D eigenvalue weighted by Crippen LogP contribution is 2.25. The van der Waals surface area contributed by atoms with E-state index in [1.54, 1.807) is 6.92 Å². The maximum absolute atomic E-state index is 10.9. The first-order valence-corrected chi connectivity index (χ1v) is 4.90. The lowest BCUT2D eigenvalue weighted by Crippen LogP contribution is -2.26. The highest BCUT2D eigenvalue weighted by molar-refractivity contribution is 5.89. The second-order valence-corrected chi connectivity index (χ2v) is 3.61. The normalized spacial score (nSPS) is 15.8. The van der Waals surface area contributed by atoms with Gasteiger partial charge in [0.15, 0.2) is 0 Å². The third-order valence-electron chi connectivity index (χ3n) is 2.44. The van der Waals surface area contributed by atoms with E-state index >= 15 is 0 Å². The molecule has 0 bridgehead atoms. The topological polar surface area (TPSA) is 72.3 Å². The molecule has 1 fully saturated rings. The minimum absolute atomic E-state index is 0.0347. The van der Waals surface area contributed by atoms with Gasteiger partial charge in [0.25, 0.3) is 0 Å². The van der Waals surface area contributed by atoms with Crippen molar-refractivity contribution in [3.8, 4) is 5.88 Å². The summed E-state index contributed by atoms with van der Waals surface area (Å²) in [5.74, 6) is -0.335. The molecule has 15 heavy (non-hydrogen) atoms. The van der Waals surface area contributed by atoms with Gasteiger partial charge in [0, 0.05) is 6.20 Å². The van der Waals surface area contributed by atoms with Crippen LogP contribution in [0.15, 0.2) is 6.20 Å². The third-order valence-corrected chi connectivity index (χ3v) is 2.44. The Hall–Kier alpha value is -1.65. The van der Waals surface area contributed by atoms with E-state index in [4.69, 9.17) is 9.84 Å². The molecule has 0 aromatic carbocycles. The van der Waals surface area contributed by atoms with Crippen LogP contribution in [0, 0.1) is 6.92 Å². The number of carboxylic acid groups (broad SMARTS) is 1. The van der Waals surface area contributed by atoms with Gasteiger partial charge in [0.1, 0.15) is 17.5 Å². The van der Waals surface area contributed by atoms with Crippen molar-refractivity contribution >= 4 is 5.97 Å². The summed E-state index contributed by atoms with van der Waals surface area (Å²) in [6, 6.07) is 0. The van der Waals surface area contributed by atoms with E-state index in [0.717, 1.165) is 19.3 Å². The lowest BCUT2D eigenvalue weighted by Gasteiger charge is -2.26. The molecule has 1 N–H and O–H groups in total. The number of rotatable bonds is 3. The van der Waals surface area contributed by atoms with Crippen molar-refractivity contribution in [2.75, 3.05) is 0 Å². The SMILES string of the molecule is Cc1ncc(C(=O)O)c(OC2CCC2)n1. The van der Waals surface area contributed by atoms with E-state index in [1.807, 2.05) is 0 Å². The summed E-state index contributed by atoms with van der Waals surface area (Å²) in [7, 11) is 0.